The quantitative estimate of drug-likeness (QED) is 0.762. The van der Waals surface area contributed by atoms with Gasteiger partial charge in [-0.2, -0.15) is 5.10 Å². The van der Waals surface area contributed by atoms with Gasteiger partial charge in [-0.1, -0.05) is 32.1 Å². The molecule has 0 radical (unpaired) electrons. The van der Waals surface area contributed by atoms with Crippen LogP contribution in [0.25, 0.3) is 0 Å². The summed E-state index contributed by atoms with van der Waals surface area (Å²) in [6, 6.07) is 2.63. The number of nitrogens with zero attached hydrogens (tertiary/aromatic N) is 4. The van der Waals surface area contributed by atoms with Crippen LogP contribution in [0.15, 0.2) is 12.3 Å². The summed E-state index contributed by atoms with van der Waals surface area (Å²) in [5, 5.41) is 4.40. The van der Waals surface area contributed by atoms with Gasteiger partial charge in [0.05, 0.1) is 5.69 Å². The number of aromatic nitrogens is 2. The van der Waals surface area contributed by atoms with E-state index in [1.54, 1.807) is 4.68 Å². The number of rotatable bonds is 4. The fraction of sp³-hybridized carbons (Fsp3) is 0.792. The van der Waals surface area contributed by atoms with Gasteiger partial charge < -0.3 is 9.80 Å². The molecule has 2 bridgehead atoms. The third kappa shape index (κ3) is 3.90. The molecule has 4 aliphatic rings. The summed E-state index contributed by atoms with van der Waals surface area (Å²) in [6.07, 6.45) is 13.8. The molecule has 30 heavy (non-hydrogen) atoms. The molecule has 1 aromatic rings. The van der Waals surface area contributed by atoms with E-state index in [0.717, 1.165) is 50.4 Å². The predicted octanol–water partition coefficient (Wildman–Crippen LogP) is 3.39. The number of hydrogen-bond donors (Lipinski definition) is 0. The highest BCUT2D eigenvalue weighted by Crippen LogP contribution is 2.44. The van der Waals surface area contributed by atoms with Crippen molar-refractivity contribution in [3.63, 3.8) is 0 Å². The number of fused-ring (bicyclic) bond motifs is 4. The van der Waals surface area contributed by atoms with Crippen molar-refractivity contribution in [3.8, 4) is 0 Å². The number of carbonyl (C=O) groups excluding carboxylic acids is 2. The fourth-order valence-corrected chi connectivity index (χ4v) is 6.84. The highest BCUT2D eigenvalue weighted by molar-refractivity contribution is 5.78. The zero-order valence-electron chi connectivity index (χ0n) is 18.3. The van der Waals surface area contributed by atoms with Crippen molar-refractivity contribution in [2.75, 3.05) is 13.1 Å². The second-order valence-corrected chi connectivity index (χ2v) is 10.3. The summed E-state index contributed by atoms with van der Waals surface area (Å²) in [7, 11) is 0. The van der Waals surface area contributed by atoms with Crippen molar-refractivity contribution in [1.82, 2.24) is 19.6 Å². The first kappa shape index (κ1) is 20.1. The second kappa shape index (κ2) is 8.35. The Morgan fingerprint density at radius 1 is 1.10 bits per heavy atom. The molecule has 4 fully saturated rings. The number of likely N-dealkylation sites (tertiary alicyclic amines) is 1. The molecule has 164 valence electrons. The molecule has 1 aromatic heterocycles. The molecule has 6 nitrogen and oxygen atoms in total. The van der Waals surface area contributed by atoms with Crippen LogP contribution in [0.5, 0.6) is 0 Å². The molecular formula is C24H36N4O2. The zero-order valence-corrected chi connectivity index (χ0v) is 18.3. The molecule has 0 N–H and O–H groups in total. The molecule has 3 aliphatic heterocycles. The average molecular weight is 413 g/mol. The molecule has 0 unspecified atom stereocenters. The normalized spacial score (nSPS) is 32.2. The largest absolute Gasteiger partial charge is 0.340 e. The van der Waals surface area contributed by atoms with E-state index in [9.17, 15) is 9.59 Å². The van der Waals surface area contributed by atoms with Crippen LogP contribution in [0.3, 0.4) is 0 Å². The summed E-state index contributed by atoms with van der Waals surface area (Å²) in [5.74, 6) is 2.20. The number of piperidine rings is 3. The molecule has 4 atom stereocenters. The number of aryl methyl sites for hydroxylation is 1. The Hall–Kier alpha value is -1.85. The Kier molecular flexibility index (Phi) is 5.59. The minimum Gasteiger partial charge on any atom is -0.340 e. The zero-order chi connectivity index (χ0) is 20.7. The van der Waals surface area contributed by atoms with Crippen LogP contribution >= 0.6 is 0 Å². The van der Waals surface area contributed by atoms with Gasteiger partial charge in [-0.3, -0.25) is 14.3 Å². The maximum Gasteiger partial charge on any atom is 0.244 e. The molecule has 0 spiro atoms. The lowest BCUT2D eigenvalue weighted by Crippen LogP contribution is -2.66. The summed E-state index contributed by atoms with van der Waals surface area (Å²) < 4.78 is 1.76. The van der Waals surface area contributed by atoms with Crippen molar-refractivity contribution in [2.24, 2.45) is 17.8 Å². The van der Waals surface area contributed by atoms with Crippen LogP contribution in [0.4, 0.5) is 0 Å². The Morgan fingerprint density at radius 3 is 2.67 bits per heavy atom. The highest BCUT2D eigenvalue weighted by atomic mass is 16.2. The molecule has 6 heteroatoms. The standard InChI is InChI=1S/C24H36N4O2/c1-17-10-11-27(25-17)16-24(30)26-14-19-13-20(15-26)22(12-18-6-3-2-4-7-18)28-21(19)8-5-9-23(28)29/h10-11,18-22H,2-9,12-16H2,1H3/t19-,20+,21+,22+/m1/s1. The van der Waals surface area contributed by atoms with E-state index in [2.05, 4.69) is 14.9 Å². The summed E-state index contributed by atoms with van der Waals surface area (Å²) in [4.78, 5) is 30.5. The van der Waals surface area contributed by atoms with Crippen LogP contribution in [0, 0.1) is 24.7 Å². The van der Waals surface area contributed by atoms with Gasteiger partial charge in [0.1, 0.15) is 6.54 Å². The summed E-state index contributed by atoms with van der Waals surface area (Å²) in [6.45, 7) is 3.90. The third-order valence-electron chi connectivity index (χ3n) is 8.22. The lowest BCUT2D eigenvalue weighted by molar-refractivity contribution is -0.157. The smallest absolute Gasteiger partial charge is 0.244 e. The van der Waals surface area contributed by atoms with E-state index in [1.165, 1.54) is 38.5 Å². The monoisotopic (exact) mass is 412 g/mol. The number of carbonyl (C=O) groups is 2. The van der Waals surface area contributed by atoms with E-state index < -0.39 is 0 Å². The van der Waals surface area contributed by atoms with Crippen LogP contribution in [-0.2, 0) is 16.1 Å². The number of amides is 2. The third-order valence-corrected chi connectivity index (χ3v) is 8.22. The van der Waals surface area contributed by atoms with Crippen LogP contribution in [0.2, 0.25) is 0 Å². The number of hydrogen-bond acceptors (Lipinski definition) is 3. The van der Waals surface area contributed by atoms with Crippen molar-refractivity contribution in [2.45, 2.75) is 89.8 Å². The van der Waals surface area contributed by atoms with Crippen molar-refractivity contribution < 1.29 is 9.59 Å². The molecule has 1 aliphatic carbocycles. The van der Waals surface area contributed by atoms with E-state index >= 15 is 0 Å². The molecule has 2 amide bonds. The summed E-state index contributed by atoms with van der Waals surface area (Å²) >= 11 is 0. The van der Waals surface area contributed by atoms with Gasteiger partial charge in [-0.15, -0.1) is 0 Å². The van der Waals surface area contributed by atoms with Gasteiger partial charge in [0.25, 0.3) is 0 Å². The van der Waals surface area contributed by atoms with Gasteiger partial charge >= 0.3 is 0 Å². The Morgan fingerprint density at radius 2 is 1.90 bits per heavy atom. The van der Waals surface area contributed by atoms with Crippen LogP contribution in [-0.4, -0.2) is 56.6 Å². The lowest BCUT2D eigenvalue weighted by Gasteiger charge is -2.57. The van der Waals surface area contributed by atoms with Gasteiger partial charge in [-0.05, 0) is 56.4 Å². The van der Waals surface area contributed by atoms with Crippen molar-refractivity contribution in [3.05, 3.63) is 18.0 Å². The molecule has 5 rings (SSSR count). The molecule has 3 saturated heterocycles. The van der Waals surface area contributed by atoms with E-state index in [1.807, 2.05) is 19.2 Å². The first-order chi connectivity index (χ1) is 14.6. The predicted molar refractivity (Wildman–Crippen MR) is 115 cm³/mol. The van der Waals surface area contributed by atoms with Crippen molar-refractivity contribution >= 4 is 11.8 Å². The van der Waals surface area contributed by atoms with Gasteiger partial charge in [0.2, 0.25) is 11.8 Å². The Balaban J connectivity index is 1.34. The SMILES string of the molecule is Cc1ccn(CC(=O)N2C[C@H]3C[C@@H](C2)[C@H](CC2CCCCC2)N2C(=O)CCC[C@@H]32)n1. The van der Waals surface area contributed by atoms with Gasteiger partial charge in [0.15, 0.2) is 0 Å². The van der Waals surface area contributed by atoms with E-state index in [-0.39, 0.29) is 5.91 Å². The average Bonchev–Trinajstić information content (AvgIpc) is 3.16. The topological polar surface area (TPSA) is 58.4 Å². The van der Waals surface area contributed by atoms with Crippen molar-refractivity contribution in [1.29, 1.82) is 0 Å². The lowest BCUT2D eigenvalue weighted by atomic mass is 9.69. The molecular weight excluding hydrogens is 376 g/mol. The van der Waals surface area contributed by atoms with E-state index in [0.29, 0.717) is 36.4 Å². The first-order valence-electron chi connectivity index (χ1n) is 12.2. The minimum atomic E-state index is 0.180. The first-order valence-corrected chi connectivity index (χ1v) is 12.2. The van der Waals surface area contributed by atoms with E-state index in [4.69, 9.17) is 0 Å². The molecule has 1 saturated carbocycles. The van der Waals surface area contributed by atoms with Gasteiger partial charge in [-0.25, -0.2) is 0 Å². The molecule has 0 aromatic carbocycles. The van der Waals surface area contributed by atoms with Crippen LogP contribution < -0.4 is 0 Å². The van der Waals surface area contributed by atoms with Crippen LogP contribution in [0.1, 0.15) is 69.9 Å². The Labute approximate surface area is 180 Å². The maximum atomic E-state index is 13.1. The second-order valence-electron chi connectivity index (χ2n) is 10.3. The Bertz CT molecular complexity index is 784. The molecule has 4 heterocycles. The fourth-order valence-electron chi connectivity index (χ4n) is 6.84. The highest BCUT2D eigenvalue weighted by Gasteiger charge is 2.50. The van der Waals surface area contributed by atoms with Gasteiger partial charge in [0, 0.05) is 37.8 Å². The maximum absolute atomic E-state index is 13.1. The minimum absolute atomic E-state index is 0.180. The summed E-state index contributed by atoms with van der Waals surface area (Å²) in [5.41, 5.74) is 0.946.